The van der Waals surface area contributed by atoms with E-state index in [4.69, 9.17) is 9.47 Å². The number of aromatic nitrogens is 2. The lowest BCUT2D eigenvalue weighted by atomic mass is 10.1. The average molecular weight is 497 g/mol. The summed E-state index contributed by atoms with van der Waals surface area (Å²) in [7, 11) is 1.73. The fraction of sp³-hybridized carbons (Fsp3) is 0.346. The highest BCUT2D eigenvalue weighted by molar-refractivity contribution is 6.04. The predicted molar refractivity (Wildman–Crippen MR) is 131 cm³/mol. The quantitative estimate of drug-likeness (QED) is 0.489. The number of benzene rings is 2. The number of halogens is 1. The third-order valence-corrected chi connectivity index (χ3v) is 5.74. The van der Waals surface area contributed by atoms with Gasteiger partial charge in [-0.15, -0.1) is 0 Å². The number of ether oxygens (including phenoxy) is 2. The fourth-order valence-corrected chi connectivity index (χ4v) is 3.89. The van der Waals surface area contributed by atoms with Gasteiger partial charge in [0.25, 0.3) is 11.8 Å². The number of amides is 2. The highest BCUT2D eigenvalue weighted by Crippen LogP contribution is 2.31. The van der Waals surface area contributed by atoms with Crippen molar-refractivity contribution in [1.29, 1.82) is 0 Å². The lowest BCUT2D eigenvalue weighted by molar-refractivity contribution is 0.0723. The second-order valence-electron chi connectivity index (χ2n) is 8.73. The van der Waals surface area contributed by atoms with E-state index in [1.165, 1.54) is 30.3 Å². The molecule has 2 aromatic carbocycles. The van der Waals surface area contributed by atoms with E-state index in [-0.39, 0.29) is 40.9 Å². The van der Waals surface area contributed by atoms with Crippen LogP contribution >= 0.6 is 0 Å². The number of nitrogens with one attached hydrogen (secondary N) is 1. The van der Waals surface area contributed by atoms with Crippen molar-refractivity contribution in [3.05, 3.63) is 65.6 Å². The summed E-state index contributed by atoms with van der Waals surface area (Å²) in [5.74, 6) is -0.706. The van der Waals surface area contributed by atoms with Crippen LogP contribution < -0.4 is 14.8 Å². The molecule has 190 valence electrons. The molecular formula is C26H29FN4O5. The number of likely N-dealkylation sites (tertiary alicyclic amines) is 1. The molecule has 1 aliphatic rings. The maximum atomic E-state index is 14.9. The highest BCUT2D eigenvalue weighted by Gasteiger charge is 2.20. The first-order chi connectivity index (χ1) is 17.3. The SMILES string of the molecule is C[C@@H](CO)Oc1cc(Oc2ccc(C(=O)N3CCCCC3)cc2F)cc(C(=O)Nc2ccn(C)n2)c1. The Morgan fingerprint density at radius 3 is 2.50 bits per heavy atom. The van der Waals surface area contributed by atoms with Gasteiger partial charge in [0.05, 0.1) is 6.61 Å². The molecule has 2 heterocycles. The lowest BCUT2D eigenvalue weighted by Gasteiger charge is -2.26. The molecule has 0 aliphatic carbocycles. The first kappa shape index (κ1) is 25.2. The van der Waals surface area contributed by atoms with Gasteiger partial charge >= 0.3 is 0 Å². The van der Waals surface area contributed by atoms with Gasteiger partial charge < -0.3 is 24.8 Å². The van der Waals surface area contributed by atoms with Crippen molar-refractivity contribution < 1.29 is 28.6 Å². The van der Waals surface area contributed by atoms with Crippen molar-refractivity contribution in [2.75, 3.05) is 25.0 Å². The minimum absolute atomic E-state index is 0.103. The van der Waals surface area contributed by atoms with E-state index in [1.807, 2.05) is 0 Å². The first-order valence-electron chi connectivity index (χ1n) is 11.8. The minimum Gasteiger partial charge on any atom is -0.488 e. The number of carbonyl (C=O) groups is 2. The van der Waals surface area contributed by atoms with Crippen molar-refractivity contribution in [2.45, 2.75) is 32.3 Å². The van der Waals surface area contributed by atoms with Crippen molar-refractivity contribution >= 4 is 17.6 Å². The van der Waals surface area contributed by atoms with Crippen molar-refractivity contribution in [1.82, 2.24) is 14.7 Å². The smallest absolute Gasteiger partial charge is 0.257 e. The molecule has 1 atom stereocenters. The summed E-state index contributed by atoms with van der Waals surface area (Å²) in [6.45, 7) is 2.77. The maximum Gasteiger partial charge on any atom is 0.257 e. The third kappa shape index (κ3) is 6.19. The van der Waals surface area contributed by atoms with E-state index in [2.05, 4.69) is 10.4 Å². The van der Waals surface area contributed by atoms with E-state index in [0.717, 1.165) is 25.3 Å². The predicted octanol–water partition coefficient (Wildman–Crippen LogP) is 3.99. The minimum atomic E-state index is -0.701. The largest absolute Gasteiger partial charge is 0.488 e. The molecule has 2 N–H and O–H groups in total. The molecule has 10 heteroatoms. The number of aryl methyl sites for hydroxylation is 1. The lowest BCUT2D eigenvalue weighted by Crippen LogP contribution is -2.35. The molecule has 9 nitrogen and oxygen atoms in total. The van der Waals surface area contributed by atoms with Crippen LogP contribution in [0.1, 0.15) is 46.9 Å². The van der Waals surface area contributed by atoms with Crippen LogP contribution in [0.15, 0.2) is 48.7 Å². The number of carbonyl (C=O) groups excluding carboxylic acids is 2. The van der Waals surface area contributed by atoms with E-state index in [1.54, 1.807) is 35.8 Å². The van der Waals surface area contributed by atoms with Crippen molar-refractivity contribution in [3.63, 3.8) is 0 Å². The molecule has 0 saturated carbocycles. The zero-order chi connectivity index (χ0) is 25.7. The number of hydrogen-bond acceptors (Lipinski definition) is 6. The zero-order valence-electron chi connectivity index (χ0n) is 20.2. The number of anilines is 1. The van der Waals surface area contributed by atoms with Gasteiger partial charge in [0.2, 0.25) is 0 Å². The Kier molecular flexibility index (Phi) is 7.84. The Balaban J connectivity index is 1.56. The maximum absolute atomic E-state index is 14.9. The molecular weight excluding hydrogens is 467 g/mol. The molecule has 0 unspecified atom stereocenters. The number of rotatable bonds is 8. The molecule has 0 spiro atoms. The second kappa shape index (κ2) is 11.2. The van der Waals surface area contributed by atoms with Gasteiger partial charge in [0.15, 0.2) is 17.4 Å². The van der Waals surface area contributed by atoms with Gasteiger partial charge in [0.1, 0.15) is 17.6 Å². The fourth-order valence-electron chi connectivity index (χ4n) is 3.89. The monoisotopic (exact) mass is 496 g/mol. The Morgan fingerprint density at radius 1 is 1.08 bits per heavy atom. The molecule has 36 heavy (non-hydrogen) atoms. The molecule has 0 radical (unpaired) electrons. The standard InChI is InChI=1S/C26H29FN4O5/c1-17(16-32)35-20-12-19(25(33)28-24-8-11-30(2)29-24)13-21(15-20)36-23-7-6-18(14-22(23)27)26(34)31-9-4-3-5-10-31/h6-8,11-15,17,32H,3-5,9-10,16H2,1-2H3,(H,28,29,33)/t17-/m0/s1. The molecule has 1 aliphatic heterocycles. The van der Waals surface area contributed by atoms with E-state index in [9.17, 15) is 19.1 Å². The van der Waals surface area contributed by atoms with Gasteiger partial charge in [-0.3, -0.25) is 14.3 Å². The van der Waals surface area contributed by atoms with E-state index < -0.39 is 17.8 Å². The molecule has 0 bridgehead atoms. The number of nitrogens with zero attached hydrogens (tertiary/aromatic N) is 3. The van der Waals surface area contributed by atoms with E-state index >= 15 is 0 Å². The van der Waals surface area contributed by atoms with Gasteiger partial charge in [-0.25, -0.2) is 4.39 Å². The Labute approximate surface area is 208 Å². The summed E-state index contributed by atoms with van der Waals surface area (Å²) in [6, 6.07) is 10.2. The third-order valence-electron chi connectivity index (χ3n) is 5.74. The number of piperidine rings is 1. The van der Waals surface area contributed by atoms with Crippen LogP contribution in [0.4, 0.5) is 10.2 Å². The van der Waals surface area contributed by atoms with Gasteiger partial charge in [0, 0.05) is 49.6 Å². The summed E-state index contributed by atoms with van der Waals surface area (Å²) >= 11 is 0. The van der Waals surface area contributed by atoms with Gasteiger partial charge in [-0.2, -0.15) is 5.10 Å². The highest BCUT2D eigenvalue weighted by atomic mass is 19.1. The van der Waals surface area contributed by atoms with Gasteiger partial charge in [-0.05, 0) is 56.5 Å². The molecule has 1 fully saturated rings. The van der Waals surface area contributed by atoms with Gasteiger partial charge in [-0.1, -0.05) is 0 Å². The Hall–Kier alpha value is -3.92. The molecule has 3 aromatic rings. The molecule has 1 saturated heterocycles. The molecule has 1 aromatic heterocycles. The second-order valence-corrected chi connectivity index (χ2v) is 8.73. The van der Waals surface area contributed by atoms with Crippen LogP contribution in [-0.2, 0) is 7.05 Å². The summed E-state index contributed by atoms with van der Waals surface area (Å²) in [6.07, 6.45) is 4.13. The van der Waals surface area contributed by atoms with Crippen molar-refractivity contribution in [3.8, 4) is 17.2 Å². The topological polar surface area (TPSA) is 106 Å². The van der Waals surface area contributed by atoms with E-state index in [0.29, 0.717) is 18.9 Å². The van der Waals surface area contributed by atoms with Crippen LogP contribution in [0.25, 0.3) is 0 Å². The average Bonchev–Trinajstić information content (AvgIpc) is 3.29. The molecule has 2 amide bonds. The molecule has 4 rings (SSSR count). The van der Waals surface area contributed by atoms with Crippen LogP contribution in [-0.4, -0.2) is 57.4 Å². The van der Waals surface area contributed by atoms with Crippen LogP contribution in [0.5, 0.6) is 17.2 Å². The normalized spacial score (nSPS) is 14.3. The zero-order valence-corrected chi connectivity index (χ0v) is 20.2. The first-order valence-corrected chi connectivity index (χ1v) is 11.8. The van der Waals surface area contributed by atoms with Crippen LogP contribution in [0.2, 0.25) is 0 Å². The summed E-state index contributed by atoms with van der Waals surface area (Å²) in [5, 5.41) is 16.2. The number of aliphatic hydroxyl groups is 1. The van der Waals surface area contributed by atoms with Crippen molar-refractivity contribution in [2.24, 2.45) is 7.05 Å². The Morgan fingerprint density at radius 2 is 1.83 bits per heavy atom. The number of hydrogen-bond donors (Lipinski definition) is 2. The summed E-state index contributed by atoms with van der Waals surface area (Å²) in [4.78, 5) is 27.3. The summed E-state index contributed by atoms with van der Waals surface area (Å²) < 4.78 is 27.9. The number of aliphatic hydroxyl groups excluding tert-OH is 1. The van der Waals surface area contributed by atoms with Crippen LogP contribution in [0.3, 0.4) is 0 Å². The summed E-state index contributed by atoms with van der Waals surface area (Å²) in [5.41, 5.74) is 0.446. The van der Waals surface area contributed by atoms with Crippen LogP contribution in [0, 0.1) is 5.82 Å². The Bertz CT molecular complexity index is 1240.